The first-order chi connectivity index (χ1) is 9.58. The van der Waals surface area contributed by atoms with Crippen molar-refractivity contribution < 1.29 is 9.53 Å². The molecule has 1 amide bonds. The van der Waals surface area contributed by atoms with Crippen molar-refractivity contribution in [2.45, 2.75) is 26.9 Å². The van der Waals surface area contributed by atoms with E-state index < -0.39 is 0 Å². The monoisotopic (exact) mass is 276 g/mol. The fourth-order valence-corrected chi connectivity index (χ4v) is 2.32. The van der Waals surface area contributed by atoms with Crippen LogP contribution in [0.3, 0.4) is 0 Å². The lowest BCUT2D eigenvalue weighted by Gasteiger charge is -2.25. The second kappa shape index (κ2) is 6.86. The molecular formula is C16H24N2O2. The number of carbonyl (C=O) groups is 1. The number of hydrogen-bond acceptors (Lipinski definition) is 3. The van der Waals surface area contributed by atoms with Gasteiger partial charge in [0.2, 0.25) is 5.91 Å². The number of aryl methyl sites for hydroxylation is 1. The maximum absolute atomic E-state index is 12.0. The Morgan fingerprint density at radius 1 is 1.35 bits per heavy atom. The average molecular weight is 276 g/mol. The molecule has 1 N–H and O–H groups in total. The third kappa shape index (κ3) is 3.81. The van der Waals surface area contributed by atoms with Gasteiger partial charge < -0.3 is 9.64 Å². The molecular weight excluding hydrogens is 252 g/mol. The smallest absolute Gasteiger partial charge is 0.238 e. The molecule has 1 fully saturated rings. The van der Waals surface area contributed by atoms with Gasteiger partial charge in [-0.3, -0.25) is 10.1 Å². The van der Waals surface area contributed by atoms with Gasteiger partial charge in [-0.1, -0.05) is 43.7 Å². The lowest BCUT2D eigenvalue weighted by molar-refractivity contribution is -0.128. The van der Waals surface area contributed by atoms with E-state index >= 15 is 0 Å². The quantitative estimate of drug-likeness (QED) is 0.809. The standard InChI is InChI=1S/C16H24N2O2/c1-12(2)11-20-9-8-18-15(19)10-17-16(18)14-6-4-13(3)5-7-14/h4-7,12,16-17H,8-11H2,1-3H3. The van der Waals surface area contributed by atoms with Crippen LogP contribution in [0.5, 0.6) is 0 Å². The molecule has 4 heteroatoms. The fraction of sp³-hybridized carbons (Fsp3) is 0.562. The van der Waals surface area contributed by atoms with Gasteiger partial charge in [0.1, 0.15) is 6.17 Å². The van der Waals surface area contributed by atoms with Crippen LogP contribution in [0.4, 0.5) is 0 Å². The van der Waals surface area contributed by atoms with Crippen LogP contribution >= 0.6 is 0 Å². The van der Waals surface area contributed by atoms with Crippen LogP contribution in [-0.4, -0.2) is 37.1 Å². The maximum atomic E-state index is 12.0. The van der Waals surface area contributed by atoms with Crippen LogP contribution in [0.2, 0.25) is 0 Å². The van der Waals surface area contributed by atoms with E-state index in [2.05, 4.69) is 50.4 Å². The molecule has 1 aromatic rings. The Morgan fingerprint density at radius 3 is 2.70 bits per heavy atom. The predicted molar refractivity (Wildman–Crippen MR) is 79.3 cm³/mol. The maximum Gasteiger partial charge on any atom is 0.238 e. The van der Waals surface area contributed by atoms with Gasteiger partial charge >= 0.3 is 0 Å². The van der Waals surface area contributed by atoms with E-state index in [1.165, 1.54) is 5.56 Å². The molecule has 0 aliphatic carbocycles. The second-order valence-corrected chi connectivity index (χ2v) is 5.75. The summed E-state index contributed by atoms with van der Waals surface area (Å²) >= 11 is 0. The Hall–Kier alpha value is -1.39. The highest BCUT2D eigenvalue weighted by Crippen LogP contribution is 2.22. The summed E-state index contributed by atoms with van der Waals surface area (Å²) in [7, 11) is 0. The molecule has 1 aromatic carbocycles. The highest BCUT2D eigenvalue weighted by Gasteiger charge is 2.30. The van der Waals surface area contributed by atoms with E-state index in [9.17, 15) is 4.79 Å². The molecule has 0 bridgehead atoms. The van der Waals surface area contributed by atoms with E-state index in [0.29, 0.717) is 25.6 Å². The largest absolute Gasteiger partial charge is 0.379 e. The molecule has 110 valence electrons. The molecule has 1 aliphatic heterocycles. The Morgan fingerprint density at radius 2 is 2.05 bits per heavy atom. The molecule has 0 spiro atoms. The minimum absolute atomic E-state index is 0.0225. The Labute approximate surface area is 121 Å². The third-order valence-electron chi connectivity index (χ3n) is 3.40. The Balaban J connectivity index is 1.94. The average Bonchev–Trinajstić information content (AvgIpc) is 2.77. The third-order valence-corrected chi connectivity index (χ3v) is 3.40. The van der Waals surface area contributed by atoms with Crippen molar-refractivity contribution in [3.63, 3.8) is 0 Å². The SMILES string of the molecule is Cc1ccc(C2NCC(=O)N2CCOCC(C)C)cc1. The summed E-state index contributed by atoms with van der Waals surface area (Å²) in [6, 6.07) is 8.31. The van der Waals surface area contributed by atoms with Crippen LogP contribution in [-0.2, 0) is 9.53 Å². The zero-order valence-electron chi connectivity index (χ0n) is 12.6. The molecule has 4 nitrogen and oxygen atoms in total. The Kier molecular flexibility index (Phi) is 5.15. The van der Waals surface area contributed by atoms with Crippen molar-refractivity contribution >= 4 is 5.91 Å². The van der Waals surface area contributed by atoms with Crippen LogP contribution in [0, 0.1) is 12.8 Å². The lowest BCUT2D eigenvalue weighted by atomic mass is 10.1. The topological polar surface area (TPSA) is 41.6 Å². The first kappa shape index (κ1) is 15.0. The molecule has 0 aromatic heterocycles. The van der Waals surface area contributed by atoms with Crippen molar-refractivity contribution in [3.05, 3.63) is 35.4 Å². The summed E-state index contributed by atoms with van der Waals surface area (Å²) in [4.78, 5) is 13.8. The number of ether oxygens (including phenoxy) is 1. The molecule has 1 unspecified atom stereocenters. The number of nitrogens with one attached hydrogen (secondary N) is 1. The van der Waals surface area contributed by atoms with Gasteiger partial charge in [0.05, 0.1) is 13.2 Å². The van der Waals surface area contributed by atoms with Gasteiger partial charge in [0.15, 0.2) is 0 Å². The summed E-state index contributed by atoms with van der Waals surface area (Å²) in [5.74, 6) is 0.666. The summed E-state index contributed by atoms with van der Waals surface area (Å²) in [5.41, 5.74) is 2.36. The van der Waals surface area contributed by atoms with Crippen molar-refractivity contribution in [1.29, 1.82) is 0 Å². The fourth-order valence-electron chi connectivity index (χ4n) is 2.32. The summed E-state index contributed by atoms with van der Waals surface area (Å²) in [6.07, 6.45) is -0.0225. The number of amides is 1. The minimum Gasteiger partial charge on any atom is -0.379 e. The van der Waals surface area contributed by atoms with Crippen molar-refractivity contribution in [2.75, 3.05) is 26.3 Å². The molecule has 1 heterocycles. The number of carbonyl (C=O) groups excluding carboxylic acids is 1. The molecule has 20 heavy (non-hydrogen) atoms. The van der Waals surface area contributed by atoms with Crippen LogP contribution in [0.15, 0.2) is 24.3 Å². The first-order valence-corrected chi connectivity index (χ1v) is 7.25. The number of rotatable bonds is 6. The van der Waals surface area contributed by atoms with Crippen molar-refractivity contribution in [2.24, 2.45) is 5.92 Å². The number of hydrogen-bond donors (Lipinski definition) is 1. The van der Waals surface area contributed by atoms with Gasteiger partial charge in [-0.25, -0.2) is 0 Å². The van der Waals surface area contributed by atoms with Crippen molar-refractivity contribution in [3.8, 4) is 0 Å². The number of benzene rings is 1. The molecule has 1 aliphatic rings. The second-order valence-electron chi connectivity index (χ2n) is 5.75. The molecule has 0 saturated carbocycles. The first-order valence-electron chi connectivity index (χ1n) is 7.25. The zero-order valence-corrected chi connectivity index (χ0v) is 12.6. The normalized spacial score (nSPS) is 19.1. The highest BCUT2D eigenvalue weighted by molar-refractivity contribution is 5.80. The van der Waals surface area contributed by atoms with Gasteiger partial charge in [-0.15, -0.1) is 0 Å². The molecule has 0 radical (unpaired) electrons. The van der Waals surface area contributed by atoms with Crippen LogP contribution in [0.25, 0.3) is 0 Å². The van der Waals surface area contributed by atoms with E-state index in [4.69, 9.17) is 4.74 Å². The Bertz CT molecular complexity index is 442. The lowest BCUT2D eigenvalue weighted by Crippen LogP contribution is -2.33. The van der Waals surface area contributed by atoms with Gasteiger partial charge in [-0.05, 0) is 18.4 Å². The van der Waals surface area contributed by atoms with E-state index in [0.717, 1.165) is 12.2 Å². The summed E-state index contributed by atoms with van der Waals surface area (Å²) < 4.78 is 5.59. The van der Waals surface area contributed by atoms with Crippen molar-refractivity contribution in [1.82, 2.24) is 10.2 Å². The minimum atomic E-state index is -0.0225. The molecule has 2 rings (SSSR count). The van der Waals surface area contributed by atoms with Gasteiger partial charge in [0.25, 0.3) is 0 Å². The van der Waals surface area contributed by atoms with E-state index in [1.807, 2.05) is 4.90 Å². The van der Waals surface area contributed by atoms with Gasteiger partial charge in [-0.2, -0.15) is 0 Å². The molecule has 1 atom stereocenters. The van der Waals surface area contributed by atoms with Crippen LogP contribution < -0.4 is 5.32 Å². The van der Waals surface area contributed by atoms with Crippen LogP contribution in [0.1, 0.15) is 31.1 Å². The zero-order chi connectivity index (χ0) is 14.5. The summed E-state index contributed by atoms with van der Waals surface area (Å²) in [6.45, 7) is 8.68. The number of nitrogens with zero attached hydrogens (tertiary/aromatic N) is 1. The summed E-state index contributed by atoms with van der Waals surface area (Å²) in [5, 5.41) is 3.26. The predicted octanol–water partition coefficient (Wildman–Crippen LogP) is 2.10. The van der Waals surface area contributed by atoms with E-state index in [1.54, 1.807) is 0 Å². The highest BCUT2D eigenvalue weighted by atomic mass is 16.5. The molecule has 1 saturated heterocycles. The van der Waals surface area contributed by atoms with Gasteiger partial charge in [0, 0.05) is 13.2 Å². The van der Waals surface area contributed by atoms with E-state index in [-0.39, 0.29) is 12.1 Å².